The van der Waals surface area contributed by atoms with Gasteiger partial charge < -0.3 is 10.1 Å². The summed E-state index contributed by atoms with van der Waals surface area (Å²) < 4.78 is 41.3. The number of likely N-dealkylation sites (N-methyl/N-ethyl adjacent to an activating group) is 1. The summed E-state index contributed by atoms with van der Waals surface area (Å²) in [5.74, 6) is -0.208. The average molecular weight is 380 g/mol. The second-order valence-electron chi connectivity index (χ2n) is 4.39. The number of halogens is 4. The molecule has 0 spiro atoms. The Morgan fingerprint density at radius 2 is 1.95 bits per heavy atom. The van der Waals surface area contributed by atoms with Gasteiger partial charge in [-0.1, -0.05) is 12.1 Å². The molecule has 1 aromatic heterocycles. The van der Waals surface area contributed by atoms with Crippen molar-refractivity contribution in [2.45, 2.75) is 18.8 Å². The first-order chi connectivity index (χ1) is 9.87. The van der Waals surface area contributed by atoms with Crippen LogP contribution in [0.4, 0.5) is 13.2 Å². The van der Waals surface area contributed by atoms with Gasteiger partial charge in [0.1, 0.15) is 5.75 Å². The quantitative estimate of drug-likeness (QED) is 0.796. The van der Waals surface area contributed by atoms with Gasteiger partial charge in [0.25, 0.3) is 0 Å². The molecule has 2 rings (SSSR count). The molecule has 0 fully saturated rings. The van der Waals surface area contributed by atoms with Crippen LogP contribution in [0, 0.1) is 0 Å². The molecule has 0 bridgehead atoms. The molecule has 1 atom stereocenters. The number of rotatable bonds is 5. The zero-order chi connectivity index (χ0) is 15.5. The Balaban J connectivity index is 2.08. The van der Waals surface area contributed by atoms with Crippen molar-refractivity contribution < 1.29 is 17.9 Å². The summed E-state index contributed by atoms with van der Waals surface area (Å²) in [4.78, 5) is 1.19. The molecule has 1 unspecified atom stereocenters. The standard InChI is InChI=1S/C14H13BrF3NOS/c1-19-13(7-12-6-10(15)8-21-12)9-2-4-11(5-3-9)20-14(16,17)18/h2-6,8,13,19H,7H2,1H3. The van der Waals surface area contributed by atoms with Crippen molar-refractivity contribution >= 4 is 27.3 Å². The van der Waals surface area contributed by atoms with Crippen LogP contribution in [-0.4, -0.2) is 13.4 Å². The Morgan fingerprint density at radius 1 is 1.29 bits per heavy atom. The highest BCUT2D eigenvalue weighted by molar-refractivity contribution is 9.10. The lowest BCUT2D eigenvalue weighted by Gasteiger charge is -2.16. The smallest absolute Gasteiger partial charge is 0.406 e. The molecule has 0 saturated carbocycles. The van der Waals surface area contributed by atoms with Crippen LogP contribution in [-0.2, 0) is 6.42 Å². The fraction of sp³-hybridized carbons (Fsp3) is 0.286. The van der Waals surface area contributed by atoms with Crippen LogP contribution in [0.5, 0.6) is 5.75 Å². The summed E-state index contributed by atoms with van der Waals surface area (Å²) in [6, 6.07) is 8.02. The minimum Gasteiger partial charge on any atom is -0.406 e. The number of hydrogen-bond donors (Lipinski definition) is 1. The lowest BCUT2D eigenvalue weighted by molar-refractivity contribution is -0.274. The van der Waals surface area contributed by atoms with Gasteiger partial charge in [0, 0.05) is 27.2 Å². The molecule has 2 nitrogen and oxygen atoms in total. The molecule has 114 valence electrons. The third-order valence-corrected chi connectivity index (χ3v) is 4.61. The largest absolute Gasteiger partial charge is 0.573 e. The van der Waals surface area contributed by atoms with Gasteiger partial charge in [-0.15, -0.1) is 24.5 Å². The van der Waals surface area contributed by atoms with E-state index in [9.17, 15) is 13.2 Å². The van der Waals surface area contributed by atoms with Gasteiger partial charge in [-0.25, -0.2) is 0 Å². The van der Waals surface area contributed by atoms with Crippen LogP contribution >= 0.6 is 27.3 Å². The van der Waals surface area contributed by atoms with Gasteiger partial charge in [0.15, 0.2) is 0 Å². The third-order valence-electron chi connectivity index (χ3n) is 2.89. The van der Waals surface area contributed by atoms with Crippen molar-refractivity contribution in [3.63, 3.8) is 0 Å². The van der Waals surface area contributed by atoms with Gasteiger partial charge in [0.05, 0.1) is 0 Å². The Hall–Kier alpha value is -1.05. The van der Waals surface area contributed by atoms with Crippen molar-refractivity contribution in [1.29, 1.82) is 0 Å². The van der Waals surface area contributed by atoms with Crippen LogP contribution < -0.4 is 10.1 Å². The number of hydrogen-bond acceptors (Lipinski definition) is 3. The van der Waals surface area contributed by atoms with Crippen molar-refractivity contribution in [2.24, 2.45) is 0 Å². The van der Waals surface area contributed by atoms with E-state index in [1.165, 1.54) is 17.0 Å². The maximum atomic E-state index is 12.1. The number of thiophene rings is 1. The minimum absolute atomic E-state index is 0.0375. The zero-order valence-corrected chi connectivity index (χ0v) is 13.5. The predicted octanol–water partition coefficient (Wildman–Crippen LogP) is 4.91. The molecule has 1 N–H and O–H groups in total. The molecule has 1 heterocycles. The lowest BCUT2D eigenvalue weighted by Crippen LogP contribution is -2.19. The van der Waals surface area contributed by atoms with E-state index in [1.807, 2.05) is 18.5 Å². The second kappa shape index (κ2) is 6.81. The van der Waals surface area contributed by atoms with Crippen molar-refractivity contribution in [1.82, 2.24) is 5.32 Å². The molecule has 0 aliphatic heterocycles. The first-order valence-electron chi connectivity index (χ1n) is 6.13. The Kier molecular flexibility index (Phi) is 5.29. The lowest BCUT2D eigenvalue weighted by atomic mass is 10.0. The molecule has 0 saturated heterocycles. The molecule has 0 aliphatic carbocycles. The molecule has 0 radical (unpaired) electrons. The topological polar surface area (TPSA) is 21.3 Å². The van der Waals surface area contributed by atoms with E-state index in [4.69, 9.17) is 0 Å². The van der Waals surface area contributed by atoms with Crippen molar-refractivity contribution in [2.75, 3.05) is 7.05 Å². The minimum atomic E-state index is -4.66. The summed E-state index contributed by atoms with van der Waals surface area (Å²) >= 11 is 5.04. The maximum absolute atomic E-state index is 12.1. The van der Waals surface area contributed by atoms with E-state index in [2.05, 4.69) is 26.0 Å². The van der Waals surface area contributed by atoms with E-state index >= 15 is 0 Å². The molecule has 0 aliphatic rings. The van der Waals surface area contributed by atoms with Gasteiger partial charge in [-0.3, -0.25) is 0 Å². The first-order valence-corrected chi connectivity index (χ1v) is 7.80. The summed E-state index contributed by atoms with van der Waals surface area (Å²) in [6.07, 6.45) is -3.89. The molecule has 0 amide bonds. The number of nitrogens with one attached hydrogen (secondary N) is 1. The monoisotopic (exact) mass is 379 g/mol. The maximum Gasteiger partial charge on any atom is 0.573 e. The third kappa shape index (κ3) is 5.01. The first kappa shape index (κ1) is 16.3. The van der Waals surface area contributed by atoms with E-state index < -0.39 is 6.36 Å². The van der Waals surface area contributed by atoms with Crippen molar-refractivity contribution in [3.8, 4) is 5.75 Å². The van der Waals surface area contributed by atoms with Crippen LogP contribution in [0.15, 0.2) is 40.2 Å². The van der Waals surface area contributed by atoms with Crippen LogP contribution in [0.2, 0.25) is 0 Å². The Labute approximate surface area is 133 Å². The van der Waals surface area contributed by atoms with E-state index in [0.717, 1.165) is 16.5 Å². The van der Waals surface area contributed by atoms with E-state index in [1.54, 1.807) is 23.5 Å². The zero-order valence-electron chi connectivity index (χ0n) is 11.1. The molecule has 2 aromatic rings. The Morgan fingerprint density at radius 3 is 2.43 bits per heavy atom. The Bertz CT molecular complexity index is 583. The highest BCUT2D eigenvalue weighted by Gasteiger charge is 2.31. The predicted molar refractivity (Wildman–Crippen MR) is 80.6 cm³/mol. The summed E-state index contributed by atoms with van der Waals surface area (Å²) in [7, 11) is 1.83. The van der Waals surface area contributed by atoms with Gasteiger partial charge in [-0.2, -0.15) is 0 Å². The van der Waals surface area contributed by atoms with Gasteiger partial charge in [0.2, 0.25) is 0 Å². The van der Waals surface area contributed by atoms with Crippen LogP contribution in [0.3, 0.4) is 0 Å². The number of alkyl halides is 3. The second-order valence-corrected chi connectivity index (χ2v) is 6.30. The molecular weight excluding hydrogens is 367 g/mol. The van der Waals surface area contributed by atoms with E-state index in [0.29, 0.717) is 0 Å². The molecule has 1 aromatic carbocycles. The SMILES string of the molecule is CNC(Cc1cc(Br)cs1)c1ccc(OC(F)(F)F)cc1. The summed E-state index contributed by atoms with van der Waals surface area (Å²) in [5.41, 5.74) is 0.913. The molecule has 7 heteroatoms. The van der Waals surface area contributed by atoms with Gasteiger partial charge >= 0.3 is 6.36 Å². The summed E-state index contributed by atoms with van der Waals surface area (Å²) in [5, 5.41) is 5.17. The van der Waals surface area contributed by atoms with Crippen LogP contribution in [0.25, 0.3) is 0 Å². The van der Waals surface area contributed by atoms with Crippen LogP contribution in [0.1, 0.15) is 16.5 Å². The van der Waals surface area contributed by atoms with E-state index in [-0.39, 0.29) is 11.8 Å². The normalized spacial score (nSPS) is 13.2. The fourth-order valence-corrected chi connectivity index (χ4v) is 3.45. The highest BCUT2D eigenvalue weighted by Crippen LogP contribution is 2.28. The van der Waals surface area contributed by atoms with Crippen molar-refractivity contribution in [3.05, 3.63) is 50.6 Å². The molecule has 21 heavy (non-hydrogen) atoms. The fourth-order valence-electron chi connectivity index (χ4n) is 1.95. The highest BCUT2D eigenvalue weighted by atomic mass is 79.9. The van der Waals surface area contributed by atoms with Gasteiger partial charge in [-0.05, 0) is 46.7 Å². The number of ether oxygens (including phenoxy) is 1. The number of benzene rings is 1. The summed E-state index contributed by atoms with van der Waals surface area (Å²) in [6.45, 7) is 0. The molecular formula is C14H13BrF3NOS. The average Bonchev–Trinajstić information content (AvgIpc) is 2.81.